The van der Waals surface area contributed by atoms with Crippen LogP contribution in [0.25, 0.3) is 0 Å². The Labute approximate surface area is 123 Å². The average Bonchev–Trinajstić information content (AvgIpc) is 2.46. The second-order valence-electron chi connectivity index (χ2n) is 5.32. The van der Waals surface area contributed by atoms with Gasteiger partial charge in [0.2, 0.25) is 0 Å². The average molecular weight is 274 g/mol. The number of hydrogen-bond acceptors (Lipinski definition) is 3. The maximum absolute atomic E-state index is 8.86. The molecule has 0 saturated heterocycles. The van der Waals surface area contributed by atoms with Crippen molar-refractivity contribution in [1.82, 2.24) is 4.90 Å². The first kappa shape index (κ1) is 16.5. The summed E-state index contributed by atoms with van der Waals surface area (Å²) in [6, 6.07) is 10.0. The molecule has 0 N–H and O–H groups in total. The monoisotopic (exact) mass is 274 g/mol. The molecule has 0 saturated carbocycles. The Hall–Kier alpha value is -1.53. The first-order valence-corrected chi connectivity index (χ1v) is 7.54. The quantitative estimate of drug-likeness (QED) is 0.642. The second kappa shape index (κ2) is 9.39. The largest absolute Gasteiger partial charge is 0.492 e. The fourth-order valence-electron chi connectivity index (χ4n) is 2.13. The van der Waals surface area contributed by atoms with Crippen molar-refractivity contribution in [3.8, 4) is 11.8 Å². The minimum absolute atomic E-state index is 0.542. The lowest BCUT2D eigenvalue weighted by Crippen LogP contribution is -2.35. The van der Waals surface area contributed by atoms with Gasteiger partial charge < -0.3 is 4.74 Å². The number of nitrogens with zero attached hydrogens (tertiary/aromatic N) is 2. The van der Waals surface area contributed by atoms with Crippen LogP contribution in [0.5, 0.6) is 5.75 Å². The number of benzene rings is 1. The molecule has 1 rings (SSSR count). The standard InChI is InChI=1S/C17H26N2O/c1-4-5-6-10-19(15(2)3)11-12-20-17-9-7-8-16(13-17)14-18/h7-9,13,15H,4-6,10-12H2,1-3H3. The Morgan fingerprint density at radius 3 is 2.70 bits per heavy atom. The lowest BCUT2D eigenvalue weighted by atomic mass is 10.2. The molecule has 1 aromatic rings. The predicted molar refractivity (Wildman–Crippen MR) is 82.9 cm³/mol. The summed E-state index contributed by atoms with van der Waals surface area (Å²) in [5.74, 6) is 0.779. The third-order valence-electron chi connectivity index (χ3n) is 3.39. The number of rotatable bonds is 9. The molecule has 3 nitrogen and oxygen atoms in total. The normalized spacial score (nSPS) is 10.8. The summed E-state index contributed by atoms with van der Waals surface area (Å²) in [6.07, 6.45) is 3.79. The molecule has 20 heavy (non-hydrogen) atoms. The van der Waals surface area contributed by atoms with E-state index in [4.69, 9.17) is 10.00 Å². The van der Waals surface area contributed by atoms with E-state index in [-0.39, 0.29) is 0 Å². The summed E-state index contributed by atoms with van der Waals surface area (Å²) in [4.78, 5) is 2.45. The zero-order chi connectivity index (χ0) is 14.8. The van der Waals surface area contributed by atoms with Gasteiger partial charge in [-0.1, -0.05) is 25.8 Å². The van der Waals surface area contributed by atoms with Crippen molar-refractivity contribution < 1.29 is 4.74 Å². The Kier molecular flexibility index (Phi) is 7.75. The van der Waals surface area contributed by atoms with Gasteiger partial charge in [0, 0.05) is 12.6 Å². The third kappa shape index (κ3) is 6.08. The molecule has 0 fully saturated rings. The molecule has 0 bridgehead atoms. The first-order chi connectivity index (χ1) is 9.67. The minimum Gasteiger partial charge on any atom is -0.492 e. The maximum atomic E-state index is 8.86. The van der Waals surface area contributed by atoms with E-state index in [1.54, 1.807) is 12.1 Å². The highest BCUT2D eigenvalue weighted by molar-refractivity contribution is 5.36. The summed E-state index contributed by atoms with van der Waals surface area (Å²) in [7, 11) is 0. The fourth-order valence-corrected chi connectivity index (χ4v) is 2.13. The highest BCUT2D eigenvalue weighted by Gasteiger charge is 2.08. The van der Waals surface area contributed by atoms with Crippen molar-refractivity contribution in [3.63, 3.8) is 0 Å². The van der Waals surface area contributed by atoms with Gasteiger partial charge in [-0.3, -0.25) is 4.90 Å². The lowest BCUT2D eigenvalue weighted by molar-refractivity contribution is 0.173. The number of nitriles is 1. The Morgan fingerprint density at radius 2 is 2.05 bits per heavy atom. The van der Waals surface area contributed by atoms with Gasteiger partial charge in [-0.25, -0.2) is 0 Å². The highest BCUT2D eigenvalue weighted by Crippen LogP contribution is 2.12. The van der Waals surface area contributed by atoms with Crippen LogP contribution in [0.1, 0.15) is 45.6 Å². The van der Waals surface area contributed by atoms with Gasteiger partial charge in [0.15, 0.2) is 0 Å². The number of ether oxygens (including phenoxy) is 1. The molecule has 0 radical (unpaired) electrons. The van der Waals surface area contributed by atoms with E-state index in [0.29, 0.717) is 18.2 Å². The molecule has 0 spiro atoms. The van der Waals surface area contributed by atoms with Crippen LogP contribution in [0.2, 0.25) is 0 Å². The predicted octanol–water partition coefficient (Wildman–Crippen LogP) is 3.84. The first-order valence-electron chi connectivity index (χ1n) is 7.54. The molecule has 0 aliphatic carbocycles. The Balaban J connectivity index is 2.37. The van der Waals surface area contributed by atoms with Gasteiger partial charge in [0.25, 0.3) is 0 Å². The smallest absolute Gasteiger partial charge is 0.120 e. The van der Waals surface area contributed by atoms with Gasteiger partial charge in [0.05, 0.1) is 11.6 Å². The van der Waals surface area contributed by atoms with Crippen LogP contribution < -0.4 is 4.74 Å². The Morgan fingerprint density at radius 1 is 1.25 bits per heavy atom. The summed E-state index contributed by atoms with van der Waals surface area (Å²) < 4.78 is 5.74. The van der Waals surface area contributed by atoms with E-state index in [0.717, 1.165) is 18.8 Å². The molecular weight excluding hydrogens is 248 g/mol. The van der Waals surface area contributed by atoms with Crippen molar-refractivity contribution in [1.29, 1.82) is 5.26 Å². The Bertz CT molecular complexity index is 423. The molecule has 0 heterocycles. The van der Waals surface area contributed by atoms with E-state index in [1.165, 1.54) is 19.3 Å². The van der Waals surface area contributed by atoms with Crippen molar-refractivity contribution >= 4 is 0 Å². The van der Waals surface area contributed by atoms with Gasteiger partial charge in [0.1, 0.15) is 12.4 Å². The summed E-state index contributed by atoms with van der Waals surface area (Å²) in [5.41, 5.74) is 0.645. The molecule has 0 amide bonds. The summed E-state index contributed by atoms with van der Waals surface area (Å²) in [5, 5.41) is 8.86. The molecule has 0 aliphatic heterocycles. The van der Waals surface area contributed by atoms with Crippen LogP contribution in [-0.2, 0) is 0 Å². The van der Waals surface area contributed by atoms with Crippen molar-refractivity contribution in [2.75, 3.05) is 19.7 Å². The molecule has 0 aliphatic rings. The van der Waals surface area contributed by atoms with Crippen molar-refractivity contribution in [2.45, 2.75) is 46.1 Å². The molecule has 110 valence electrons. The van der Waals surface area contributed by atoms with E-state index in [9.17, 15) is 0 Å². The lowest BCUT2D eigenvalue weighted by Gasteiger charge is -2.26. The molecule has 0 unspecified atom stereocenters. The molecular formula is C17H26N2O. The van der Waals surface area contributed by atoms with Gasteiger partial charge >= 0.3 is 0 Å². The number of unbranched alkanes of at least 4 members (excludes halogenated alkanes) is 2. The molecule has 0 atom stereocenters. The van der Waals surface area contributed by atoms with Crippen LogP contribution in [0, 0.1) is 11.3 Å². The van der Waals surface area contributed by atoms with Gasteiger partial charge in [-0.05, 0) is 45.0 Å². The summed E-state index contributed by atoms with van der Waals surface area (Å²) in [6.45, 7) is 9.40. The topological polar surface area (TPSA) is 36.3 Å². The second-order valence-corrected chi connectivity index (χ2v) is 5.32. The third-order valence-corrected chi connectivity index (χ3v) is 3.39. The van der Waals surface area contributed by atoms with E-state index < -0.39 is 0 Å². The zero-order valence-electron chi connectivity index (χ0n) is 12.9. The van der Waals surface area contributed by atoms with E-state index >= 15 is 0 Å². The van der Waals surface area contributed by atoms with Crippen LogP contribution in [0.4, 0.5) is 0 Å². The fraction of sp³-hybridized carbons (Fsp3) is 0.588. The minimum atomic E-state index is 0.542. The highest BCUT2D eigenvalue weighted by atomic mass is 16.5. The molecule has 1 aromatic carbocycles. The van der Waals surface area contributed by atoms with Crippen LogP contribution in [0.15, 0.2) is 24.3 Å². The van der Waals surface area contributed by atoms with Crippen LogP contribution in [0.3, 0.4) is 0 Å². The van der Waals surface area contributed by atoms with E-state index in [1.807, 2.05) is 12.1 Å². The van der Waals surface area contributed by atoms with Gasteiger partial charge in [-0.2, -0.15) is 5.26 Å². The van der Waals surface area contributed by atoms with Crippen LogP contribution >= 0.6 is 0 Å². The number of hydrogen-bond donors (Lipinski definition) is 0. The van der Waals surface area contributed by atoms with Crippen LogP contribution in [-0.4, -0.2) is 30.6 Å². The molecule has 3 heteroatoms. The molecule has 0 aromatic heterocycles. The zero-order valence-corrected chi connectivity index (χ0v) is 12.9. The van der Waals surface area contributed by atoms with Gasteiger partial charge in [-0.15, -0.1) is 0 Å². The maximum Gasteiger partial charge on any atom is 0.120 e. The van der Waals surface area contributed by atoms with E-state index in [2.05, 4.69) is 31.7 Å². The van der Waals surface area contributed by atoms with Crippen molar-refractivity contribution in [3.05, 3.63) is 29.8 Å². The van der Waals surface area contributed by atoms with Crippen molar-refractivity contribution in [2.24, 2.45) is 0 Å². The summed E-state index contributed by atoms with van der Waals surface area (Å²) >= 11 is 0. The SMILES string of the molecule is CCCCCN(CCOc1cccc(C#N)c1)C(C)C.